The fourth-order valence-electron chi connectivity index (χ4n) is 1.34. The molecule has 2 N–H and O–H groups in total. The summed E-state index contributed by atoms with van der Waals surface area (Å²) in [4.78, 5) is 22.9. The lowest BCUT2D eigenvalue weighted by molar-refractivity contribution is -0.127. The molecule has 0 aromatic carbocycles. The molecular weight excluding hydrogens is 204 g/mol. The van der Waals surface area contributed by atoms with Crippen molar-refractivity contribution in [2.24, 2.45) is 5.92 Å². The SMILES string of the molecule is C#C[C@H](NC(=O)C(NCC)C(C)C)C(C)=O. The minimum Gasteiger partial charge on any atom is -0.335 e. The largest absolute Gasteiger partial charge is 0.335 e. The van der Waals surface area contributed by atoms with Gasteiger partial charge in [0.1, 0.15) is 6.04 Å². The Morgan fingerprint density at radius 3 is 2.25 bits per heavy atom. The lowest BCUT2D eigenvalue weighted by atomic mass is 10.0. The predicted molar refractivity (Wildman–Crippen MR) is 63.7 cm³/mol. The Morgan fingerprint density at radius 1 is 1.38 bits per heavy atom. The van der Waals surface area contributed by atoms with Crippen LogP contribution < -0.4 is 10.6 Å². The maximum atomic E-state index is 11.8. The maximum Gasteiger partial charge on any atom is 0.238 e. The smallest absolute Gasteiger partial charge is 0.238 e. The van der Waals surface area contributed by atoms with Gasteiger partial charge in [0.2, 0.25) is 5.91 Å². The molecule has 0 fully saturated rings. The van der Waals surface area contributed by atoms with Crippen molar-refractivity contribution in [3.05, 3.63) is 0 Å². The first-order chi connectivity index (χ1) is 7.43. The average Bonchev–Trinajstić information content (AvgIpc) is 2.21. The van der Waals surface area contributed by atoms with Crippen molar-refractivity contribution in [1.29, 1.82) is 0 Å². The first kappa shape index (κ1) is 14.7. The first-order valence-electron chi connectivity index (χ1n) is 5.44. The normalized spacial score (nSPS) is 14.0. The zero-order valence-corrected chi connectivity index (χ0v) is 10.3. The molecule has 0 aliphatic rings. The molecule has 0 spiro atoms. The Balaban J connectivity index is 4.52. The van der Waals surface area contributed by atoms with Gasteiger partial charge in [-0.15, -0.1) is 6.42 Å². The minimum atomic E-state index is -0.826. The van der Waals surface area contributed by atoms with E-state index in [9.17, 15) is 9.59 Å². The van der Waals surface area contributed by atoms with Gasteiger partial charge in [0.15, 0.2) is 5.78 Å². The summed E-state index contributed by atoms with van der Waals surface area (Å²) in [5.74, 6) is 1.95. The average molecular weight is 224 g/mol. The van der Waals surface area contributed by atoms with Crippen LogP contribution in [0.1, 0.15) is 27.7 Å². The third kappa shape index (κ3) is 4.45. The molecule has 0 aliphatic carbocycles. The van der Waals surface area contributed by atoms with E-state index in [-0.39, 0.29) is 23.7 Å². The van der Waals surface area contributed by atoms with Crippen LogP contribution in [0.15, 0.2) is 0 Å². The summed E-state index contributed by atoms with van der Waals surface area (Å²) in [6.45, 7) is 7.85. The maximum absolute atomic E-state index is 11.8. The van der Waals surface area contributed by atoms with Crippen molar-refractivity contribution < 1.29 is 9.59 Å². The molecule has 4 heteroatoms. The number of nitrogens with one attached hydrogen (secondary N) is 2. The van der Waals surface area contributed by atoms with Crippen LogP contribution in [0.2, 0.25) is 0 Å². The van der Waals surface area contributed by atoms with Crippen molar-refractivity contribution in [2.75, 3.05) is 6.54 Å². The van der Waals surface area contributed by atoms with Crippen molar-refractivity contribution in [1.82, 2.24) is 10.6 Å². The highest BCUT2D eigenvalue weighted by atomic mass is 16.2. The van der Waals surface area contributed by atoms with Gasteiger partial charge in [-0.3, -0.25) is 9.59 Å². The Morgan fingerprint density at radius 2 is 1.94 bits per heavy atom. The van der Waals surface area contributed by atoms with Gasteiger partial charge < -0.3 is 10.6 Å². The van der Waals surface area contributed by atoms with E-state index < -0.39 is 6.04 Å². The van der Waals surface area contributed by atoms with Crippen LogP contribution in [0.25, 0.3) is 0 Å². The van der Waals surface area contributed by atoms with E-state index in [1.54, 1.807) is 0 Å². The van der Waals surface area contributed by atoms with Gasteiger partial charge in [-0.1, -0.05) is 26.7 Å². The number of Topliss-reactive ketones (excluding diaryl/α,β-unsaturated/α-hetero) is 1. The molecule has 0 bridgehead atoms. The Kier molecular flexibility index (Phi) is 6.43. The third-order valence-corrected chi connectivity index (χ3v) is 2.23. The van der Waals surface area contributed by atoms with Crippen LogP contribution in [0.3, 0.4) is 0 Å². The monoisotopic (exact) mass is 224 g/mol. The Labute approximate surface area is 97.2 Å². The molecule has 90 valence electrons. The third-order valence-electron chi connectivity index (χ3n) is 2.23. The first-order valence-corrected chi connectivity index (χ1v) is 5.44. The molecule has 1 unspecified atom stereocenters. The van der Waals surface area contributed by atoms with Gasteiger partial charge in [-0.25, -0.2) is 0 Å². The van der Waals surface area contributed by atoms with Crippen LogP contribution >= 0.6 is 0 Å². The van der Waals surface area contributed by atoms with E-state index in [0.29, 0.717) is 6.54 Å². The second-order valence-corrected chi connectivity index (χ2v) is 4.00. The zero-order valence-electron chi connectivity index (χ0n) is 10.3. The van der Waals surface area contributed by atoms with E-state index >= 15 is 0 Å². The molecule has 0 rings (SSSR count). The fraction of sp³-hybridized carbons (Fsp3) is 0.667. The number of amides is 1. The van der Waals surface area contributed by atoms with Gasteiger partial charge in [-0.2, -0.15) is 0 Å². The van der Waals surface area contributed by atoms with E-state index in [1.165, 1.54) is 6.92 Å². The van der Waals surface area contributed by atoms with Gasteiger partial charge in [-0.05, 0) is 19.4 Å². The second-order valence-electron chi connectivity index (χ2n) is 4.00. The second kappa shape index (κ2) is 7.02. The van der Waals surface area contributed by atoms with Crippen LogP contribution in [0, 0.1) is 18.3 Å². The molecule has 2 atom stereocenters. The topological polar surface area (TPSA) is 58.2 Å². The molecule has 0 aromatic heterocycles. The summed E-state index contributed by atoms with van der Waals surface area (Å²) in [6.07, 6.45) is 5.17. The minimum absolute atomic E-state index is 0.144. The van der Waals surface area contributed by atoms with Crippen LogP contribution in [0.4, 0.5) is 0 Å². The summed E-state index contributed by atoms with van der Waals surface area (Å²) < 4.78 is 0. The van der Waals surface area contributed by atoms with E-state index in [2.05, 4.69) is 16.6 Å². The number of ketones is 1. The van der Waals surface area contributed by atoms with Gasteiger partial charge in [0, 0.05) is 0 Å². The summed E-state index contributed by atoms with van der Waals surface area (Å²) >= 11 is 0. The molecule has 16 heavy (non-hydrogen) atoms. The van der Waals surface area contributed by atoms with E-state index in [1.807, 2.05) is 20.8 Å². The molecule has 4 nitrogen and oxygen atoms in total. The van der Waals surface area contributed by atoms with Crippen molar-refractivity contribution in [3.63, 3.8) is 0 Å². The number of terminal acetylenes is 1. The molecule has 0 saturated heterocycles. The van der Waals surface area contributed by atoms with E-state index in [0.717, 1.165) is 0 Å². The fourth-order valence-corrected chi connectivity index (χ4v) is 1.34. The number of rotatable bonds is 6. The molecule has 1 amide bonds. The standard InChI is InChI=1S/C12H20N2O2/c1-6-10(9(5)15)14-12(16)11(8(3)4)13-7-2/h1,8,10-11,13H,7H2,2-5H3,(H,14,16)/t10-,11?/m0/s1. The lowest BCUT2D eigenvalue weighted by Crippen LogP contribution is -2.51. The van der Waals surface area contributed by atoms with Crippen LogP contribution in [-0.2, 0) is 9.59 Å². The van der Waals surface area contributed by atoms with Crippen molar-refractivity contribution in [2.45, 2.75) is 39.8 Å². The summed E-state index contributed by atoms with van der Waals surface area (Å²) in [6, 6.07) is -1.15. The number of likely N-dealkylation sites (N-methyl/N-ethyl adjacent to an activating group) is 1. The van der Waals surface area contributed by atoms with Gasteiger partial charge >= 0.3 is 0 Å². The Hall–Kier alpha value is -1.34. The Bertz CT molecular complexity index is 292. The predicted octanol–water partition coefficient (Wildman–Crippen LogP) is 0.327. The molecule has 0 saturated carbocycles. The number of carbonyl (C=O) groups excluding carboxylic acids is 2. The highest BCUT2D eigenvalue weighted by molar-refractivity contribution is 5.91. The van der Waals surface area contributed by atoms with Crippen LogP contribution in [0.5, 0.6) is 0 Å². The number of carbonyl (C=O) groups is 2. The van der Waals surface area contributed by atoms with E-state index in [4.69, 9.17) is 6.42 Å². The lowest BCUT2D eigenvalue weighted by Gasteiger charge is -2.22. The highest BCUT2D eigenvalue weighted by Crippen LogP contribution is 2.02. The summed E-state index contributed by atoms with van der Waals surface area (Å²) in [5, 5.41) is 5.60. The van der Waals surface area contributed by atoms with Crippen molar-refractivity contribution in [3.8, 4) is 12.3 Å². The quantitative estimate of drug-likeness (QED) is 0.639. The zero-order chi connectivity index (χ0) is 12.7. The van der Waals surface area contributed by atoms with Gasteiger partial charge in [0.25, 0.3) is 0 Å². The molecular formula is C12H20N2O2. The molecule has 0 heterocycles. The summed E-state index contributed by atoms with van der Waals surface area (Å²) in [5.41, 5.74) is 0. The molecule has 0 aliphatic heterocycles. The summed E-state index contributed by atoms with van der Waals surface area (Å²) in [7, 11) is 0. The molecule has 0 radical (unpaired) electrons. The number of hydrogen-bond acceptors (Lipinski definition) is 3. The molecule has 0 aromatic rings. The van der Waals surface area contributed by atoms with Crippen molar-refractivity contribution >= 4 is 11.7 Å². The van der Waals surface area contributed by atoms with Crippen LogP contribution in [-0.4, -0.2) is 30.3 Å². The number of hydrogen-bond donors (Lipinski definition) is 2. The van der Waals surface area contributed by atoms with Gasteiger partial charge in [0.05, 0.1) is 6.04 Å². The highest BCUT2D eigenvalue weighted by Gasteiger charge is 2.24.